The fourth-order valence-electron chi connectivity index (χ4n) is 2.09. The zero-order chi connectivity index (χ0) is 15.0. The quantitative estimate of drug-likeness (QED) is 0.739. The average Bonchev–Trinajstić information content (AvgIpc) is 2.89. The molecule has 106 valence electrons. The summed E-state index contributed by atoms with van der Waals surface area (Å²) < 4.78 is 15.0. The molecule has 0 aliphatic rings. The molecular formula is C14H11ClFN5. The Kier molecular flexibility index (Phi) is 3.31. The third-order valence-corrected chi connectivity index (χ3v) is 3.23. The number of tetrazole rings is 1. The number of aromatic nitrogens is 4. The zero-order valence-corrected chi connectivity index (χ0v) is 11.8. The zero-order valence-electron chi connectivity index (χ0n) is 11.1. The predicted octanol–water partition coefficient (Wildman–Crippen LogP) is 3.01. The highest BCUT2D eigenvalue weighted by molar-refractivity contribution is 6.31. The molecule has 0 bridgehead atoms. The molecule has 2 N–H and O–H groups in total. The van der Waals surface area contributed by atoms with E-state index in [1.54, 1.807) is 31.2 Å². The molecule has 0 aliphatic carbocycles. The van der Waals surface area contributed by atoms with Gasteiger partial charge in [-0.25, -0.2) is 4.39 Å². The van der Waals surface area contributed by atoms with Crippen LogP contribution in [0.5, 0.6) is 0 Å². The second kappa shape index (κ2) is 5.14. The molecule has 3 aromatic rings. The summed E-state index contributed by atoms with van der Waals surface area (Å²) in [5.41, 5.74) is 8.32. The normalized spacial score (nSPS) is 10.8. The van der Waals surface area contributed by atoms with Gasteiger partial charge in [0, 0.05) is 16.3 Å². The summed E-state index contributed by atoms with van der Waals surface area (Å²) in [5.74, 6) is 0.0468. The standard InChI is InChI=1S/C14H11ClFN5/c1-8-4-10(16)7-11(5-8)21-14(18-19-20-21)12-6-9(15)2-3-13(12)17/h2-7H,17H2,1H3. The van der Waals surface area contributed by atoms with Gasteiger partial charge < -0.3 is 5.73 Å². The lowest BCUT2D eigenvalue weighted by Crippen LogP contribution is -2.02. The number of halogens is 2. The minimum atomic E-state index is -0.356. The highest BCUT2D eigenvalue weighted by atomic mass is 35.5. The Morgan fingerprint density at radius 2 is 2.00 bits per heavy atom. The molecule has 7 heteroatoms. The van der Waals surface area contributed by atoms with Gasteiger partial charge in [-0.2, -0.15) is 4.68 Å². The van der Waals surface area contributed by atoms with E-state index in [1.165, 1.54) is 16.8 Å². The lowest BCUT2D eigenvalue weighted by atomic mass is 10.1. The van der Waals surface area contributed by atoms with Crippen molar-refractivity contribution in [3.8, 4) is 17.1 Å². The number of rotatable bonds is 2. The van der Waals surface area contributed by atoms with E-state index in [-0.39, 0.29) is 5.82 Å². The molecule has 1 aromatic heterocycles. The minimum absolute atomic E-state index is 0.356. The molecule has 21 heavy (non-hydrogen) atoms. The van der Waals surface area contributed by atoms with Crippen LogP contribution in [0.15, 0.2) is 36.4 Å². The average molecular weight is 304 g/mol. The van der Waals surface area contributed by atoms with Crippen LogP contribution in [0, 0.1) is 12.7 Å². The van der Waals surface area contributed by atoms with Gasteiger partial charge >= 0.3 is 0 Å². The van der Waals surface area contributed by atoms with Crippen molar-refractivity contribution in [1.29, 1.82) is 0 Å². The van der Waals surface area contributed by atoms with Crippen LogP contribution in [0.2, 0.25) is 5.02 Å². The first kappa shape index (κ1) is 13.5. The summed E-state index contributed by atoms with van der Waals surface area (Å²) in [6.45, 7) is 1.80. The van der Waals surface area contributed by atoms with Crippen molar-refractivity contribution in [2.45, 2.75) is 6.92 Å². The third-order valence-electron chi connectivity index (χ3n) is 3.00. The summed E-state index contributed by atoms with van der Waals surface area (Å²) in [4.78, 5) is 0. The van der Waals surface area contributed by atoms with Gasteiger partial charge in [-0.05, 0) is 59.3 Å². The van der Waals surface area contributed by atoms with E-state index >= 15 is 0 Å². The molecule has 0 amide bonds. The molecule has 0 saturated carbocycles. The van der Waals surface area contributed by atoms with Gasteiger partial charge in [0.25, 0.3) is 0 Å². The highest BCUT2D eigenvalue weighted by Crippen LogP contribution is 2.28. The smallest absolute Gasteiger partial charge is 0.189 e. The molecule has 0 aliphatic heterocycles. The fourth-order valence-corrected chi connectivity index (χ4v) is 2.26. The number of nitrogen functional groups attached to an aromatic ring is 1. The van der Waals surface area contributed by atoms with E-state index in [0.717, 1.165) is 5.56 Å². The largest absolute Gasteiger partial charge is 0.398 e. The van der Waals surface area contributed by atoms with Crippen LogP contribution in [0.4, 0.5) is 10.1 Å². The molecule has 1 heterocycles. The number of anilines is 1. The van der Waals surface area contributed by atoms with Crippen molar-refractivity contribution < 1.29 is 4.39 Å². The van der Waals surface area contributed by atoms with Gasteiger partial charge in [0.2, 0.25) is 0 Å². The SMILES string of the molecule is Cc1cc(F)cc(-n2nnnc2-c2cc(Cl)ccc2N)c1. The number of nitrogens with zero attached hydrogens (tertiary/aromatic N) is 4. The molecule has 2 aromatic carbocycles. The minimum Gasteiger partial charge on any atom is -0.398 e. The van der Waals surface area contributed by atoms with Crippen LogP contribution in [-0.2, 0) is 0 Å². The molecule has 0 saturated heterocycles. The van der Waals surface area contributed by atoms with Gasteiger partial charge in [-0.15, -0.1) is 5.10 Å². The number of nitrogens with two attached hydrogens (primary N) is 1. The second-order valence-corrected chi connectivity index (χ2v) is 5.07. The first-order chi connectivity index (χ1) is 10.0. The molecule has 0 spiro atoms. The first-order valence-electron chi connectivity index (χ1n) is 6.16. The van der Waals surface area contributed by atoms with Gasteiger partial charge in [-0.1, -0.05) is 11.6 Å². The number of aryl methyl sites for hydroxylation is 1. The van der Waals surface area contributed by atoms with E-state index in [9.17, 15) is 4.39 Å². The second-order valence-electron chi connectivity index (χ2n) is 4.63. The van der Waals surface area contributed by atoms with Gasteiger partial charge in [0.1, 0.15) is 5.82 Å². The van der Waals surface area contributed by atoms with Gasteiger partial charge in [-0.3, -0.25) is 0 Å². The van der Waals surface area contributed by atoms with Gasteiger partial charge in [0.15, 0.2) is 5.82 Å². The number of benzene rings is 2. The molecule has 0 radical (unpaired) electrons. The highest BCUT2D eigenvalue weighted by Gasteiger charge is 2.14. The maximum atomic E-state index is 13.6. The Morgan fingerprint density at radius 3 is 2.76 bits per heavy atom. The third kappa shape index (κ3) is 2.57. The Balaban J connectivity index is 2.19. The Morgan fingerprint density at radius 1 is 1.19 bits per heavy atom. The van der Waals surface area contributed by atoms with Gasteiger partial charge in [0.05, 0.1) is 5.69 Å². The molecule has 0 unspecified atom stereocenters. The molecule has 5 nitrogen and oxygen atoms in total. The van der Waals surface area contributed by atoms with Crippen molar-refractivity contribution >= 4 is 17.3 Å². The van der Waals surface area contributed by atoms with E-state index in [4.69, 9.17) is 17.3 Å². The van der Waals surface area contributed by atoms with Crippen molar-refractivity contribution in [3.05, 3.63) is 52.8 Å². The van der Waals surface area contributed by atoms with E-state index in [2.05, 4.69) is 15.5 Å². The Hall–Kier alpha value is -2.47. The lowest BCUT2D eigenvalue weighted by Gasteiger charge is -2.08. The summed E-state index contributed by atoms with van der Waals surface area (Å²) in [7, 11) is 0. The van der Waals surface area contributed by atoms with Crippen molar-refractivity contribution in [1.82, 2.24) is 20.2 Å². The van der Waals surface area contributed by atoms with E-state index < -0.39 is 0 Å². The monoisotopic (exact) mass is 303 g/mol. The van der Waals surface area contributed by atoms with Crippen LogP contribution in [-0.4, -0.2) is 20.2 Å². The summed E-state index contributed by atoms with van der Waals surface area (Å²) >= 11 is 5.99. The topological polar surface area (TPSA) is 69.6 Å². The fraction of sp³-hybridized carbons (Fsp3) is 0.0714. The summed E-state index contributed by atoms with van der Waals surface area (Å²) in [6, 6.07) is 9.60. The summed E-state index contributed by atoms with van der Waals surface area (Å²) in [5, 5.41) is 12.0. The van der Waals surface area contributed by atoms with Crippen molar-refractivity contribution in [2.75, 3.05) is 5.73 Å². The Labute approximate surface area is 125 Å². The molecule has 0 fully saturated rings. The predicted molar refractivity (Wildman–Crippen MR) is 78.7 cm³/mol. The lowest BCUT2D eigenvalue weighted by molar-refractivity contribution is 0.623. The van der Waals surface area contributed by atoms with Crippen molar-refractivity contribution in [3.63, 3.8) is 0 Å². The van der Waals surface area contributed by atoms with E-state index in [1.807, 2.05) is 0 Å². The van der Waals surface area contributed by atoms with Crippen molar-refractivity contribution in [2.24, 2.45) is 0 Å². The number of hydrogen-bond acceptors (Lipinski definition) is 4. The summed E-state index contributed by atoms with van der Waals surface area (Å²) in [6.07, 6.45) is 0. The molecule has 3 rings (SSSR count). The van der Waals surface area contributed by atoms with Crippen LogP contribution < -0.4 is 5.73 Å². The molecule has 0 atom stereocenters. The molecular weight excluding hydrogens is 293 g/mol. The van der Waals surface area contributed by atoms with E-state index in [0.29, 0.717) is 27.8 Å². The van der Waals surface area contributed by atoms with Crippen LogP contribution in [0.25, 0.3) is 17.1 Å². The Bertz CT molecular complexity index is 795. The van der Waals surface area contributed by atoms with Crippen LogP contribution in [0.1, 0.15) is 5.56 Å². The maximum Gasteiger partial charge on any atom is 0.189 e. The van der Waals surface area contributed by atoms with Crippen LogP contribution >= 0.6 is 11.6 Å². The maximum absolute atomic E-state index is 13.6. The first-order valence-corrected chi connectivity index (χ1v) is 6.54. The van der Waals surface area contributed by atoms with Crippen LogP contribution in [0.3, 0.4) is 0 Å². The number of hydrogen-bond donors (Lipinski definition) is 1.